The van der Waals surface area contributed by atoms with E-state index in [0.717, 1.165) is 36.7 Å². The van der Waals surface area contributed by atoms with Crippen LogP contribution in [-0.4, -0.2) is 27.6 Å². The molecule has 0 saturated carbocycles. The van der Waals surface area contributed by atoms with Gasteiger partial charge in [-0.3, -0.25) is 0 Å². The third-order valence-electron chi connectivity index (χ3n) is 11.9. The molecule has 324 valence electrons. The molecule has 6 heteroatoms. The zero-order valence-corrected chi connectivity index (χ0v) is 37.5. The first-order valence-corrected chi connectivity index (χ1v) is 24.3. The van der Waals surface area contributed by atoms with Gasteiger partial charge in [-0.15, -0.1) is 11.3 Å². The van der Waals surface area contributed by atoms with Crippen molar-refractivity contribution in [2.24, 2.45) is 0 Å². The molecule has 0 aliphatic heterocycles. The highest BCUT2D eigenvalue weighted by Crippen LogP contribution is 2.38. The van der Waals surface area contributed by atoms with E-state index < -0.39 is 208 Å². The van der Waals surface area contributed by atoms with Crippen LogP contribution in [0.3, 0.4) is 0 Å². The van der Waals surface area contributed by atoms with Crippen LogP contribution in [0, 0.1) is 0 Å². The Morgan fingerprint density at radius 3 is 1.42 bits per heavy atom. The summed E-state index contributed by atoms with van der Waals surface area (Å²) < 4.78 is 211. The van der Waals surface area contributed by atoms with E-state index in [1.54, 1.807) is 12.1 Å². The van der Waals surface area contributed by atoms with E-state index in [-0.39, 0.29) is 31.6 Å². The van der Waals surface area contributed by atoms with Gasteiger partial charge < -0.3 is 4.57 Å². The van der Waals surface area contributed by atoms with Crippen LogP contribution in [0.15, 0.2) is 254 Å². The SMILES string of the molecule is [2H]c1c([2H])c(-c2nc(-c3ccc([Si](c4ccccc4)(c4ccccc4)c4ccccc4)cc3)nc(-c3c([2H])c([2H])c([2H])c(-n4c5c([2H])c([2H])c([2H])c([2H])c5c5c([2H])c([2H])c([2H])c([2H])c54)c3[2H])n2)c([2H])c(-c2c([2H])c([2H])c3sc4c([2H])c([2H])c([2H])c([2H])c4c3c2[2H])c1[2H]. The summed E-state index contributed by atoms with van der Waals surface area (Å²) in [5.74, 6) is -1.56. The number of aromatic nitrogens is 4. The third-order valence-corrected chi connectivity index (χ3v) is 17.7. The molecule has 0 bridgehead atoms. The molecule has 0 atom stereocenters. The first kappa shape index (κ1) is 23.4. The predicted molar refractivity (Wildman–Crippen MR) is 292 cm³/mol. The average Bonchev–Trinajstić information content (AvgIpc) is 1.42. The van der Waals surface area contributed by atoms with E-state index in [4.69, 9.17) is 28.7 Å². The largest absolute Gasteiger partial charge is 0.309 e. The zero-order valence-electron chi connectivity index (χ0n) is 58.7. The van der Waals surface area contributed by atoms with Crippen molar-refractivity contribution in [3.8, 4) is 51.0 Å². The second-order valence-electron chi connectivity index (χ2n) is 15.7. The van der Waals surface area contributed by atoms with Gasteiger partial charge in [-0.05, 0) is 80.2 Å². The molecule has 0 fully saturated rings. The minimum atomic E-state index is -3.20. The lowest BCUT2D eigenvalue weighted by molar-refractivity contribution is 1.07. The molecule has 0 aliphatic rings. The van der Waals surface area contributed by atoms with Crippen molar-refractivity contribution in [2.75, 3.05) is 0 Å². The van der Waals surface area contributed by atoms with Crippen LogP contribution in [0.1, 0.15) is 31.5 Å². The molecule has 3 heterocycles. The van der Waals surface area contributed by atoms with Crippen LogP contribution < -0.4 is 20.7 Å². The van der Waals surface area contributed by atoms with Crippen LogP contribution in [0.2, 0.25) is 0 Å². The summed E-state index contributed by atoms with van der Waals surface area (Å²) in [4.78, 5) is 14.3. The van der Waals surface area contributed by atoms with Gasteiger partial charge in [-0.25, -0.2) is 15.0 Å². The van der Waals surface area contributed by atoms with E-state index in [0.29, 0.717) is 0 Å². The molecule has 0 N–H and O–H groups in total. The standard InChI is InChI=1S/C63H42N4SSi/c1-4-22-49(23-5-1)69(50-24-6-2-7-25-50,51-26-8-3-9-27-51)52-37-34-43(35-38-52)61-64-62(46-19-16-18-44(40-46)45-36-39-60-56(42-45)55-30-12-15-33-59(55)68-60)66-63(65-61)47-20-17-21-48(41-47)67-57-31-13-10-28-53(57)54-29-11-14-32-58(54)67/h1-42H/i10D,11D,12D,13D,14D,15D,16D,17D,18D,19D,20D,21D,28D,29D,30D,31D,32D,33D,36D,39D,40D,41D,42D. The van der Waals surface area contributed by atoms with Crippen molar-refractivity contribution in [3.05, 3.63) is 254 Å². The summed E-state index contributed by atoms with van der Waals surface area (Å²) in [6.07, 6.45) is 0. The number of para-hydroxylation sites is 2. The Kier molecular flexibility index (Phi) is 5.76. The molecule has 0 saturated heterocycles. The van der Waals surface area contributed by atoms with Crippen molar-refractivity contribution in [3.63, 3.8) is 0 Å². The fourth-order valence-electron chi connectivity index (χ4n) is 8.87. The highest BCUT2D eigenvalue weighted by molar-refractivity contribution is 7.25. The van der Waals surface area contributed by atoms with Gasteiger partial charge in [0.05, 0.1) is 42.6 Å². The summed E-state index contributed by atoms with van der Waals surface area (Å²) in [6.45, 7) is 0. The van der Waals surface area contributed by atoms with E-state index in [9.17, 15) is 17.8 Å². The molecule has 0 radical (unpaired) electrons. The van der Waals surface area contributed by atoms with Gasteiger partial charge in [0.1, 0.15) is 0 Å². The first-order chi connectivity index (χ1) is 43.8. The second kappa shape index (κ2) is 17.0. The number of nitrogens with zero attached hydrogens (tertiary/aromatic N) is 4. The van der Waals surface area contributed by atoms with E-state index in [2.05, 4.69) is 36.4 Å². The fraction of sp³-hybridized carbons (Fsp3) is 0. The molecular formula is C63H42N4SSi. The summed E-state index contributed by atoms with van der Waals surface area (Å²) in [7, 11) is -3.20. The normalized spacial score (nSPS) is 16.4. The van der Waals surface area contributed by atoms with E-state index in [1.165, 1.54) is 0 Å². The van der Waals surface area contributed by atoms with Crippen molar-refractivity contribution in [1.29, 1.82) is 0 Å². The molecule has 3 aromatic heterocycles. The van der Waals surface area contributed by atoms with Crippen molar-refractivity contribution < 1.29 is 31.5 Å². The smallest absolute Gasteiger partial charge is 0.179 e. The second-order valence-corrected chi connectivity index (χ2v) is 20.6. The molecule has 13 rings (SSSR count). The number of benzene rings is 10. The summed E-state index contributed by atoms with van der Waals surface area (Å²) in [6, 6.07) is 19.8. The molecule has 0 spiro atoms. The maximum Gasteiger partial charge on any atom is 0.179 e. The van der Waals surface area contributed by atoms with E-state index >= 15 is 0 Å². The number of fused-ring (bicyclic) bond motifs is 6. The summed E-state index contributed by atoms with van der Waals surface area (Å²) in [5.41, 5.74) is -4.01. The monoisotopic (exact) mass is 937 g/mol. The first-order valence-electron chi connectivity index (χ1n) is 33.0. The number of hydrogen-bond donors (Lipinski definition) is 0. The van der Waals surface area contributed by atoms with Crippen molar-refractivity contribution in [1.82, 2.24) is 19.5 Å². The molecule has 0 unspecified atom stereocenters. The molecule has 69 heavy (non-hydrogen) atoms. The van der Waals surface area contributed by atoms with Crippen LogP contribution in [-0.2, 0) is 0 Å². The van der Waals surface area contributed by atoms with Crippen molar-refractivity contribution in [2.45, 2.75) is 0 Å². The summed E-state index contributed by atoms with van der Waals surface area (Å²) in [5, 5.41) is 2.81. The molecule has 4 nitrogen and oxygen atoms in total. The van der Waals surface area contributed by atoms with Crippen LogP contribution in [0.25, 0.3) is 93.0 Å². The fourth-order valence-corrected chi connectivity index (χ4v) is 14.5. The van der Waals surface area contributed by atoms with Crippen LogP contribution >= 0.6 is 11.3 Å². The Hall–Kier alpha value is -8.55. The minimum Gasteiger partial charge on any atom is -0.309 e. The van der Waals surface area contributed by atoms with E-state index in [1.807, 2.05) is 66.7 Å². The molecular weight excluding hydrogens is 873 g/mol. The van der Waals surface area contributed by atoms with Gasteiger partial charge in [0, 0.05) is 53.3 Å². The third kappa shape index (κ3) is 7.00. The predicted octanol–water partition coefficient (Wildman–Crippen LogP) is 13.4. The van der Waals surface area contributed by atoms with Gasteiger partial charge in [-0.1, -0.05) is 206 Å². The lowest BCUT2D eigenvalue weighted by Gasteiger charge is -2.34. The lowest BCUT2D eigenvalue weighted by Crippen LogP contribution is -2.74. The summed E-state index contributed by atoms with van der Waals surface area (Å²) >= 11 is 0.757. The minimum absolute atomic E-state index is 0.0245. The van der Waals surface area contributed by atoms with Gasteiger partial charge in [0.15, 0.2) is 25.5 Å². The van der Waals surface area contributed by atoms with Crippen molar-refractivity contribution >= 4 is 82.1 Å². The zero-order chi connectivity index (χ0) is 65.7. The maximum atomic E-state index is 10.1. The highest BCUT2D eigenvalue weighted by atomic mass is 32.1. The van der Waals surface area contributed by atoms with Gasteiger partial charge >= 0.3 is 0 Å². The number of hydrogen-bond acceptors (Lipinski definition) is 4. The number of thiophene rings is 1. The highest BCUT2D eigenvalue weighted by Gasteiger charge is 2.41. The lowest BCUT2D eigenvalue weighted by atomic mass is 10.0. The molecule has 10 aromatic carbocycles. The Balaban J connectivity index is 1.13. The van der Waals surface area contributed by atoms with Crippen LogP contribution in [0.5, 0.6) is 0 Å². The molecule has 0 aliphatic carbocycles. The molecule has 13 aromatic rings. The van der Waals surface area contributed by atoms with Gasteiger partial charge in [-0.2, -0.15) is 0 Å². The Bertz CT molecular complexity index is 5210. The average molecular weight is 938 g/mol. The Morgan fingerprint density at radius 1 is 0.348 bits per heavy atom. The number of rotatable bonds is 9. The van der Waals surface area contributed by atoms with Gasteiger partial charge in [0.25, 0.3) is 0 Å². The quantitative estimate of drug-likeness (QED) is 0.107. The van der Waals surface area contributed by atoms with Crippen LogP contribution in [0.4, 0.5) is 0 Å². The maximum absolute atomic E-state index is 10.1. The Labute approximate surface area is 437 Å². The molecule has 0 amide bonds. The topological polar surface area (TPSA) is 43.6 Å². The van der Waals surface area contributed by atoms with Gasteiger partial charge in [0.2, 0.25) is 0 Å². The Morgan fingerprint density at radius 2 is 0.812 bits per heavy atom.